The summed E-state index contributed by atoms with van der Waals surface area (Å²) in [6.07, 6.45) is 6.99. The highest BCUT2D eigenvalue weighted by molar-refractivity contribution is 7.91. The molecular weight excluding hydrogens is 443 g/mol. The number of carbonyl (C=O) groups is 2. The monoisotopic (exact) mass is 470 g/mol. The van der Waals surface area contributed by atoms with Crippen molar-refractivity contribution in [2.45, 2.75) is 61.7 Å². The number of anilines is 1. The Morgan fingerprint density at radius 2 is 1.70 bits per heavy atom. The van der Waals surface area contributed by atoms with Gasteiger partial charge in [-0.25, -0.2) is 18.5 Å². The van der Waals surface area contributed by atoms with Gasteiger partial charge in [0, 0.05) is 12.7 Å². The Bertz CT molecular complexity index is 1280. The van der Waals surface area contributed by atoms with Crippen molar-refractivity contribution in [3.8, 4) is 0 Å². The van der Waals surface area contributed by atoms with Gasteiger partial charge in [0.25, 0.3) is 0 Å². The molecule has 0 radical (unpaired) electrons. The summed E-state index contributed by atoms with van der Waals surface area (Å²) in [5.74, 6) is -1.02. The third-order valence-corrected chi connectivity index (χ3v) is 8.53. The van der Waals surface area contributed by atoms with Crippen LogP contribution in [0.15, 0.2) is 33.5 Å². The Balaban J connectivity index is 1.44. The van der Waals surface area contributed by atoms with E-state index in [9.17, 15) is 18.2 Å². The van der Waals surface area contributed by atoms with Crippen molar-refractivity contribution in [1.29, 1.82) is 0 Å². The number of hydrogen-bond donors (Lipinski definition) is 3. The van der Waals surface area contributed by atoms with Gasteiger partial charge in [0.05, 0.1) is 10.3 Å². The van der Waals surface area contributed by atoms with Gasteiger partial charge >= 0.3 is 6.03 Å². The lowest BCUT2D eigenvalue weighted by atomic mass is 9.95. The molecule has 0 heterocycles. The minimum absolute atomic E-state index is 0.185. The maximum absolute atomic E-state index is 14.9. The summed E-state index contributed by atoms with van der Waals surface area (Å²) < 4.78 is 31.7. The minimum Gasteiger partial charge on any atom is -0.358 e. The highest BCUT2D eigenvalue weighted by Gasteiger charge is 2.51. The average Bonchev–Trinajstić information content (AvgIpc) is 3.21. The zero-order valence-corrected chi connectivity index (χ0v) is 19.3. The third-order valence-electron chi connectivity index (χ3n) is 7.13. The molecule has 1 unspecified atom stereocenters. The van der Waals surface area contributed by atoms with E-state index in [1.807, 2.05) is 0 Å². The molecule has 0 saturated heterocycles. The number of benzene rings is 2. The number of amides is 3. The van der Waals surface area contributed by atoms with Gasteiger partial charge in [0.2, 0.25) is 5.91 Å². The molecule has 5 rings (SSSR count). The van der Waals surface area contributed by atoms with Gasteiger partial charge in [-0.3, -0.25) is 4.79 Å². The van der Waals surface area contributed by atoms with E-state index in [1.165, 1.54) is 36.4 Å². The molecule has 1 fully saturated rings. The molecule has 1 atom stereocenters. The smallest absolute Gasteiger partial charge is 0.354 e. The van der Waals surface area contributed by atoms with Gasteiger partial charge < -0.3 is 10.6 Å². The van der Waals surface area contributed by atoms with Crippen LogP contribution in [-0.2, 0) is 45.8 Å². The Hall–Kier alpha value is -2.78. The number of carbonyl (C=O) groups excluding carboxylic acids is 2. The number of rotatable bonds is 4. The molecule has 2 aromatic carbocycles. The Kier molecular flexibility index (Phi) is 5.29. The van der Waals surface area contributed by atoms with E-state index in [-0.39, 0.29) is 10.8 Å². The van der Waals surface area contributed by atoms with Crippen molar-refractivity contribution in [2.24, 2.45) is 9.50 Å². The van der Waals surface area contributed by atoms with Crippen LogP contribution >= 0.6 is 0 Å². The zero-order chi connectivity index (χ0) is 23.4. The lowest BCUT2D eigenvalue weighted by Crippen LogP contribution is -2.32. The summed E-state index contributed by atoms with van der Waals surface area (Å²) in [6, 6.07) is 5.38. The Morgan fingerprint density at radius 1 is 1.06 bits per heavy atom. The molecule has 33 heavy (non-hydrogen) atoms. The second kappa shape index (κ2) is 7.92. The fourth-order valence-electron chi connectivity index (χ4n) is 5.32. The lowest BCUT2D eigenvalue weighted by Gasteiger charge is -2.16. The van der Waals surface area contributed by atoms with Crippen molar-refractivity contribution < 1.29 is 18.2 Å². The molecule has 0 aromatic heterocycles. The van der Waals surface area contributed by atoms with Crippen molar-refractivity contribution in [3.05, 3.63) is 57.9 Å². The molecule has 1 saturated carbocycles. The maximum Gasteiger partial charge on any atom is 0.354 e. The number of aryl methyl sites for hydroxylation is 2. The van der Waals surface area contributed by atoms with Gasteiger partial charge in [0.15, 0.2) is 0 Å². The van der Waals surface area contributed by atoms with Crippen LogP contribution in [0.4, 0.5) is 14.9 Å². The van der Waals surface area contributed by atoms with Crippen molar-refractivity contribution in [1.82, 2.24) is 5.32 Å². The normalized spacial score (nSPS) is 19.2. The topological polar surface area (TPSA) is 114 Å². The number of hydrogen-bond acceptors (Lipinski definition) is 3. The lowest BCUT2D eigenvalue weighted by molar-refractivity contribution is -0.123. The summed E-state index contributed by atoms with van der Waals surface area (Å²) in [5, 5.41) is 11.3. The van der Waals surface area contributed by atoms with E-state index in [4.69, 9.17) is 5.14 Å². The van der Waals surface area contributed by atoms with Gasteiger partial charge in [0.1, 0.15) is 15.7 Å². The van der Waals surface area contributed by atoms with E-state index >= 15 is 0 Å². The second-order valence-corrected chi connectivity index (χ2v) is 10.9. The first kappa shape index (κ1) is 22.0. The summed E-state index contributed by atoms with van der Waals surface area (Å²) in [7, 11) is -2.28. The van der Waals surface area contributed by atoms with E-state index in [1.54, 1.807) is 0 Å². The first-order valence-electron chi connectivity index (χ1n) is 11.3. The summed E-state index contributed by atoms with van der Waals surface area (Å²) in [5.41, 5.74) is 5.21. The summed E-state index contributed by atoms with van der Waals surface area (Å²) in [6.45, 7) is 0. The maximum atomic E-state index is 14.9. The molecule has 2 aromatic rings. The number of nitrogens with one attached hydrogen (secondary N) is 2. The first-order chi connectivity index (χ1) is 15.7. The molecule has 7 nitrogen and oxygen atoms in total. The predicted molar refractivity (Wildman–Crippen MR) is 124 cm³/mol. The number of fused-ring (bicyclic) bond motifs is 2. The minimum atomic E-state index is -3.82. The molecule has 3 amide bonds. The fraction of sp³-hybridized carbons (Fsp3) is 0.417. The number of likely N-dealkylation sites (N-methyl/N-ethyl adjacent to an activating group) is 1. The van der Waals surface area contributed by atoms with Crippen LogP contribution in [0.5, 0.6) is 0 Å². The van der Waals surface area contributed by atoms with E-state index in [0.29, 0.717) is 18.4 Å². The van der Waals surface area contributed by atoms with Gasteiger partial charge in [-0.15, -0.1) is 4.36 Å². The summed E-state index contributed by atoms with van der Waals surface area (Å²) in [4.78, 5) is 24.6. The van der Waals surface area contributed by atoms with Crippen LogP contribution in [0, 0.1) is 5.82 Å². The molecule has 3 aliphatic rings. The SMILES string of the molecule is CNC(=O)C1(c2ccc(S(N)(=O)=NC(=O)Nc3c4c(cc5c3CCC5)CCC4)c(F)c2)CC1. The van der Waals surface area contributed by atoms with Crippen LogP contribution in [-0.4, -0.2) is 23.2 Å². The average molecular weight is 471 g/mol. The molecule has 0 spiro atoms. The van der Waals surface area contributed by atoms with Crippen LogP contribution in [0.25, 0.3) is 0 Å². The largest absolute Gasteiger partial charge is 0.358 e. The number of urea groups is 1. The highest BCUT2D eigenvalue weighted by Crippen LogP contribution is 2.48. The zero-order valence-electron chi connectivity index (χ0n) is 18.5. The number of nitrogens with two attached hydrogens (primary N) is 1. The number of nitrogens with zero attached hydrogens (tertiary/aromatic N) is 1. The molecule has 0 bridgehead atoms. The van der Waals surface area contributed by atoms with Gasteiger partial charge in [-0.05, 0) is 91.3 Å². The van der Waals surface area contributed by atoms with Crippen molar-refractivity contribution in [3.63, 3.8) is 0 Å². The van der Waals surface area contributed by atoms with E-state index in [2.05, 4.69) is 21.1 Å². The molecular formula is C24H27FN4O3S. The molecule has 9 heteroatoms. The third kappa shape index (κ3) is 3.73. The summed E-state index contributed by atoms with van der Waals surface area (Å²) >= 11 is 0. The van der Waals surface area contributed by atoms with E-state index < -0.39 is 27.2 Å². The van der Waals surface area contributed by atoms with Crippen molar-refractivity contribution in [2.75, 3.05) is 12.4 Å². The molecule has 4 N–H and O–H groups in total. The first-order valence-corrected chi connectivity index (χ1v) is 12.9. The predicted octanol–water partition coefficient (Wildman–Crippen LogP) is 3.51. The van der Waals surface area contributed by atoms with E-state index in [0.717, 1.165) is 55.3 Å². The Labute approximate surface area is 192 Å². The Morgan fingerprint density at radius 3 is 2.24 bits per heavy atom. The van der Waals surface area contributed by atoms with Crippen LogP contribution in [0.3, 0.4) is 0 Å². The van der Waals surface area contributed by atoms with Crippen LogP contribution in [0.2, 0.25) is 0 Å². The van der Waals surface area contributed by atoms with Crippen LogP contribution < -0.4 is 15.8 Å². The fourth-order valence-corrected chi connectivity index (χ4v) is 6.31. The second-order valence-electron chi connectivity index (χ2n) is 9.13. The standard InChI is InChI=1S/C24H27FN4O3S/c1-27-22(30)24(10-11-24)16-8-9-20(19(25)13-16)33(26,32)29-23(31)28-21-17-6-2-4-14(17)12-15-5-3-7-18(15)21/h8-9,12-13H,2-7,10-11H2,1H3,(H,27,30)(H3,26,28,29,31,32). The van der Waals surface area contributed by atoms with Crippen molar-refractivity contribution >= 4 is 27.5 Å². The van der Waals surface area contributed by atoms with Gasteiger partial charge in [-0.2, -0.15) is 0 Å². The molecule has 174 valence electrons. The quantitative estimate of drug-likeness (QED) is 0.635. The van der Waals surface area contributed by atoms with Crippen LogP contribution in [0.1, 0.15) is 53.5 Å². The molecule has 0 aliphatic heterocycles. The molecule has 3 aliphatic carbocycles. The highest BCUT2D eigenvalue weighted by atomic mass is 32.2. The number of halogens is 1. The van der Waals surface area contributed by atoms with Gasteiger partial charge in [-0.1, -0.05) is 12.1 Å².